The maximum absolute atomic E-state index is 13.6. The number of halogens is 1. The maximum atomic E-state index is 13.6. The van der Waals surface area contributed by atoms with Crippen LogP contribution in [-0.4, -0.2) is 42.2 Å². The summed E-state index contributed by atoms with van der Waals surface area (Å²) in [6.07, 6.45) is 0. The van der Waals surface area contributed by atoms with E-state index in [-0.39, 0.29) is 29.4 Å². The SMILES string of the molecule is C[N+](C)(Cc1ccc(OCc2ccccc2F)cc1)C(=O)C(N)CO. The summed E-state index contributed by atoms with van der Waals surface area (Å²) in [5.41, 5.74) is 7.05. The van der Waals surface area contributed by atoms with E-state index < -0.39 is 6.04 Å². The number of aliphatic hydroxyl groups excluding tert-OH is 1. The Morgan fingerprint density at radius 3 is 2.44 bits per heavy atom. The summed E-state index contributed by atoms with van der Waals surface area (Å²) in [7, 11) is 3.50. The third kappa shape index (κ3) is 5.09. The average Bonchev–Trinajstić information content (AvgIpc) is 2.60. The molecule has 1 atom stereocenters. The number of rotatable bonds is 7. The van der Waals surface area contributed by atoms with Gasteiger partial charge in [-0.05, 0) is 30.3 Å². The maximum Gasteiger partial charge on any atom is 0.332 e. The third-order valence-corrected chi connectivity index (χ3v) is 3.96. The summed E-state index contributed by atoms with van der Waals surface area (Å²) in [5, 5.41) is 9.04. The van der Waals surface area contributed by atoms with Crippen molar-refractivity contribution in [3.8, 4) is 5.75 Å². The standard InChI is InChI=1S/C19H24FN2O3/c1-22(2,19(24)18(21)12-23)11-14-7-9-16(10-8-14)25-13-15-5-3-4-6-17(15)20/h3-10,18,23H,11-13,21H2,1-2H3/q+1. The Balaban J connectivity index is 1.98. The number of amides is 1. The van der Waals surface area contributed by atoms with Gasteiger partial charge in [0.2, 0.25) is 0 Å². The monoisotopic (exact) mass is 347 g/mol. The molecule has 3 N–H and O–H groups in total. The van der Waals surface area contributed by atoms with Crippen LogP contribution in [0.2, 0.25) is 0 Å². The molecule has 0 bridgehead atoms. The van der Waals surface area contributed by atoms with Crippen molar-refractivity contribution >= 4 is 5.91 Å². The van der Waals surface area contributed by atoms with E-state index in [1.807, 2.05) is 12.1 Å². The summed E-state index contributed by atoms with van der Waals surface area (Å²) >= 11 is 0. The zero-order valence-electron chi connectivity index (χ0n) is 14.5. The van der Waals surface area contributed by atoms with Gasteiger partial charge in [-0.3, -0.25) is 4.48 Å². The second-order valence-electron chi connectivity index (χ2n) is 6.49. The Morgan fingerprint density at radius 2 is 1.84 bits per heavy atom. The molecule has 1 amide bonds. The van der Waals surface area contributed by atoms with Crippen LogP contribution in [-0.2, 0) is 17.9 Å². The zero-order chi connectivity index (χ0) is 18.4. The number of carbonyl (C=O) groups is 1. The molecule has 0 saturated carbocycles. The third-order valence-electron chi connectivity index (χ3n) is 3.96. The molecule has 0 saturated heterocycles. The minimum absolute atomic E-state index is 0.0388. The molecular formula is C19H24FN2O3+. The van der Waals surface area contributed by atoms with Gasteiger partial charge >= 0.3 is 5.91 Å². The molecule has 5 nitrogen and oxygen atoms in total. The van der Waals surface area contributed by atoms with Gasteiger partial charge in [0.1, 0.15) is 30.8 Å². The molecule has 2 aromatic rings. The number of likely N-dealkylation sites (N-methyl/N-ethyl adjacent to an activating group) is 1. The molecule has 134 valence electrons. The van der Waals surface area contributed by atoms with Crippen molar-refractivity contribution in [3.63, 3.8) is 0 Å². The van der Waals surface area contributed by atoms with Crippen molar-refractivity contribution in [3.05, 3.63) is 65.5 Å². The predicted octanol–water partition coefficient (Wildman–Crippen LogP) is 1.83. The minimum atomic E-state index is -0.890. The molecule has 2 aromatic carbocycles. The first kappa shape index (κ1) is 19.1. The number of carbonyl (C=O) groups excluding carboxylic acids is 1. The van der Waals surface area contributed by atoms with Crippen LogP contribution in [0.5, 0.6) is 5.75 Å². The number of hydrogen-bond acceptors (Lipinski definition) is 4. The van der Waals surface area contributed by atoms with Crippen molar-refractivity contribution in [2.24, 2.45) is 5.73 Å². The minimum Gasteiger partial charge on any atom is -0.489 e. The van der Waals surface area contributed by atoms with Gasteiger partial charge in [-0.15, -0.1) is 0 Å². The Kier molecular flexibility index (Phi) is 6.25. The number of quaternary nitrogens is 1. The van der Waals surface area contributed by atoms with Crippen molar-refractivity contribution in [1.29, 1.82) is 0 Å². The van der Waals surface area contributed by atoms with Crippen LogP contribution >= 0.6 is 0 Å². The molecule has 6 heteroatoms. The van der Waals surface area contributed by atoms with Crippen molar-refractivity contribution in [2.75, 3.05) is 20.7 Å². The van der Waals surface area contributed by atoms with Gasteiger partial charge in [-0.25, -0.2) is 9.18 Å². The van der Waals surface area contributed by atoms with Crippen LogP contribution in [0.1, 0.15) is 11.1 Å². The molecule has 0 fully saturated rings. The number of nitrogens with zero attached hydrogens (tertiary/aromatic N) is 1. The van der Waals surface area contributed by atoms with Gasteiger partial charge in [0.05, 0.1) is 20.7 Å². The molecule has 0 heterocycles. The second kappa shape index (κ2) is 8.20. The van der Waals surface area contributed by atoms with E-state index in [4.69, 9.17) is 15.6 Å². The van der Waals surface area contributed by atoms with E-state index in [1.54, 1.807) is 44.4 Å². The first-order valence-electron chi connectivity index (χ1n) is 8.02. The van der Waals surface area contributed by atoms with Crippen LogP contribution in [0.15, 0.2) is 48.5 Å². The number of nitrogens with two attached hydrogens (primary N) is 1. The molecule has 0 spiro atoms. The van der Waals surface area contributed by atoms with Crippen molar-refractivity contribution in [2.45, 2.75) is 19.2 Å². The summed E-state index contributed by atoms with van der Waals surface area (Å²) < 4.78 is 19.2. The largest absolute Gasteiger partial charge is 0.489 e. The molecule has 25 heavy (non-hydrogen) atoms. The van der Waals surface area contributed by atoms with E-state index in [0.29, 0.717) is 17.9 Å². The summed E-state index contributed by atoms with van der Waals surface area (Å²) in [5.74, 6) is 0.0926. The number of hydrogen-bond donors (Lipinski definition) is 2. The number of ether oxygens (including phenoxy) is 1. The van der Waals surface area contributed by atoms with Crippen molar-refractivity contribution in [1.82, 2.24) is 0 Å². The van der Waals surface area contributed by atoms with Gasteiger partial charge in [0.25, 0.3) is 0 Å². The Bertz CT molecular complexity index is 717. The first-order valence-corrected chi connectivity index (χ1v) is 8.02. The first-order chi connectivity index (χ1) is 11.8. The highest BCUT2D eigenvalue weighted by Gasteiger charge is 2.31. The molecule has 0 aliphatic carbocycles. The van der Waals surface area contributed by atoms with E-state index in [2.05, 4.69) is 0 Å². The molecule has 0 radical (unpaired) electrons. The molecule has 0 aromatic heterocycles. The van der Waals surface area contributed by atoms with Gasteiger partial charge in [-0.2, -0.15) is 0 Å². The van der Waals surface area contributed by atoms with Gasteiger partial charge in [0, 0.05) is 11.1 Å². The fourth-order valence-electron chi connectivity index (χ4n) is 2.53. The van der Waals surface area contributed by atoms with Crippen LogP contribution < -0.4 is 10.5 Å². The fourth-order valence-corrected chi connectivity index (χ4v) is 2.53. The van der Waals surface area contributed by atoms with Crippen LogP contribution in [0, 0.1) is 5.82 Å². The molecule has 0 aliphatic heterocycles. The van der Waals surface area contributed by atoms with E-state index >= 15 is 0 Å². The topological polar surface area (TPSA) is 72.5 Å². The summed E-state index contributed by atoms with van der Waals surface area (Å²) in [6, 6.07) is 12.9. The van der Waals surface area contributed by atoms with Gasteiger partial charge in [0.15, 0.2) is 0 Å². The van der Waals surface area contributed by atoms with Crippen LogP contribution in [0.25, 0.3) is 0 Å². The molecule has 2 rings (SSSR count). The normalized spacial score (nSPS) is 12.7. The molecule has 0 aliphatic rings. The zero-order valence-corrected chi connectivity index (χ0v) is 14.5. The second-order valence-corrected chi connectivity index (χ2v) is 6.49. The van der Waals surface area contributed by atoms with Gasteiger partial charge in [-0.1, -0.05) is 18.2 Å². The Labute approximate surface area is 147 Å². The van der Waals surface area contributed by atoms with Gasteiger partial charge < -0.3 is 15.6 Å². The Morgan fingerprint density at radius 1 is 1.20 bits per heavy atom. The lowest BCUT2D eigenvalue weighted by atomic mass is 10.1. The van der Waals surface area contributed by atoms with Crippen molar-refractivity contribution < 1.29 is 23.5 Å². The fraction of sp³-hybridized carbons (Fsp3) is 0.316. The Hall–Kier alpha value is -2.28. The molecule has 1 unspecified atom stereocenters. The van der Waals surface area contributed by atoms with E-state index in [9.17, 15) is 9.18 Å². The summed E-state index contributed by atoms with van der Waals surface area (Å²) in [6.45, 7) is 0.223. The van der Waals surface area contributed by atoms with Crippen LogP contribution in [0.4, 0.5) is 4.39 Å². The lowest BCUT2D eigenvalue weighted by molar-refractivity contribution is -0.828. The predicted molar refractivity (Wildman–Crippen MR) is 93.1 cm³/mol. The van der Waals surface area contributed by atoms with Crippen LogP contribution in [0.3, 0.4) is 0 Å². The highest BCUT2D eigenvalue weighted by Crippen LogP contribution is 2.18. The van der Waals surface area contributed by atoms with E-state index in [1.165, 1.54) is 6.07 Å². The average molecular weight is 347 g/mol. The highest BCUT2D eigenvalue weighted by molar-refractivity contribution is 5.74. The molecular weight excluding hydrogens is 323 g/mol. The van der Waals surface area contributed by atoms with E-state index in [0.717, 1.165) is 5.56 Å². The smallest absolute Gasteiger partial charge is 0.332 e. The summed E-state index contributed by atoms with van der Waals surface area (Å²) in [4.78, 5) is 12.2. The lowest BCUT2D eigenvalue weighted by Gasteiger charge is -2.28. The quantitative estimate of drug-likeness (QED) is 0.750. The number of aliphatic hydroxyl groups is 1. The lowest BCUT2D eigenvalue weighted by Crippen LogP contribution is -2.54. The number of benzene rings is 2. The highest BCUT2D eigenvalue weighted by atomic mass is 19.1.